The van der Waals surface area contributed by atoms with Gasteiger partial charge in [0.15, 0.2) is 5.96 Å². The largest absolute Gasteiger partial charge is 0.353 e. The van der Waals surface area contributed by atoms with E-state index in [4.69, 9.17) is 0 Å². The summed E-state index contributed by atoms with van der Waals surface area (Å²) in [7, 11) is -0.273. The van der Waals surface area contributed by atoms with Crippen LogP contribution in [0.15, 0.2) is 34.2 Å². The number of hydrogen-bond acceptors (Lipinski definition) is 3. The molecule has 2 unspecified atom stereocenters. The molecule has 3 N–H and O–H groups in total. The number of rotatable bonds is 5. The van der Waals surface area contributed by atoms with Crippen molar-refractivity contribution in [3.05, 3.63) is 29.8 Å². The third-order valence-corrected chi connectivity index (χ3v) is 5.00. The molecule has 2 atom stereocenters. The van der Waals surface area contributed by atoms with E-state index in [0.29, 0.717) is 18.5 Å². The second-order valence-corrected chi connectivity index (χ2v) is 7.13. The Bertz CT molecular complexity index is 633. The zero-order chi connectivity index (χ0) is 15.5. The molecule has 1 aliphatic rings. The predicted molar refractivity (Wildman–Crippen MR) is 99.0 cm³/mol. The molecule has 8 heteroatoms. The first-order valence-corrected chi connectivity index (χ1v) is 8.44. The fourth-order valence-electron chi connectivity index (χ4n) is 2.02. The Balaban J connectivity index is 0.00000242. The fraction of sp³-hybridized carbons (Fsp3) is 0.500. The molecule has 0 aliphatic heterocycles. The SMILES string of the molecule is CN=C(NCc1cccc(S(=O)(=O)NC)c1)NC1CC1C.I. The van der Waals surface area contributed by atoms with Gasteiger partial charge in [0.05, 0.1) is 4.90 Å². The highest BCUT2D eigenvalue weighted by Gasteiger charge is 2.33. The standard InChI is InChI=1S/C14H22N4O2S.HI/c1-10-7-13(10)18-14(15-2)17-9-11-5-4-6-12(8-11)21(19,20)16-3;/h4-6,8,10,13,16H,7,9H2,1-3H3,(H2,15,17,18);1H. The average molecular weight is 438 g/mol. The molecule has 0 bridgehead atoms. The third kappa shape index (κ3) is 5.10. The van der Waals surface area contributed by atoms with Gasteiger partial charge in [-0.25, -0.2) is 13.1 Å². The highest BCUT2D eigenvalue weighted by Crippen LogP contribution is 2.28. The van der Waals surface area contributed by atoms with E-state index in [1.165, 1.54) is 7.05 Å². The second kappa shape index (κ2) is 8.11. The van der Waals surface area contributed by atoms with Gasteiger partial charge < -0.3 is 10.6 Å². The van der Waals surface area contributed by atoms with Crippen LogP contribution in [0.2, 0.25) is 0 Å². The van der Waals surface area contributed by atoms with Gasteiger partial charge in [-0.3, -0.25) is 4.99 Å². The quantitative estimate of drug-likeness (QED) is 0.368. The van der Waals surface area contributed by atoms with Gasteiger partial charge in [0, 0.05) is 19.6 Å². The van der Waals surface area contributed by atoms with Crippen LogP contribution in [-0.4, -0.2) is 34.5 Å². The zero-order valence-electron chi connectivity index (χ0n) is 13.0. The monoisotopic (exact) mass is 438 g/mol. The minimum Gasteiger partial charge on any atom is -0.353 e. The lowest BCUT2D eigenvalue weighted by Crippen LogP contribution is -2.38. The lowest BCUT2D eigenvalue weighted by atomic mass is 10.2. The minimum absolute atomic E-state index is 0. The van der Waals surface area contributed by atoms with Crippen LogP contribution in [0.5, 0.6) is 0 Å². The van der Waals surface area contributed by atoms with Crippen molar-refractivity contribution in [2.24, 2.45) is 10.9 Å². The first-order chi connectivity index (χ1) is 9.96. The van der Waals surface area contributed by atoms with Gasteiger partial charge in [0.25, 0.3) is 0 Å². The Morgan fingerprint density at radius 3 is 2.64 bits per heavy atom. The van der Waals surface area contributed by atoms with E-state index in [9.17, 15) is 8.42 Å². The topological polar surface area (TPSA) is 82.6 Å². The predicted octanol–water partition coefficient (Wildman–Crippen LogP) is 1.29. The third-order valence-electron chi connectivity index (χ3n) is 3.59. The number of sulfonamides is 1. The Labute approximate surface area is 149 Å². The van der Waals surface area contributed by atoms with Crippen LogP contribution in [0.4, 0.5) is 0 Å². The van der Waals surface area contributed by atoms with Crippen LogP contribution in [0, 0.1) is 5.92 Å². The van der Waals surface area contributed by atoms with Gasteiger partial charge in [-0.05, 0) is 37.1 Å². The number of benzene rings is 1. The summed E-state index contributed by atoms with van der Waals surface area (Å²) >= 11 is 0. The number of nitrogens with zero attached hydrogens (tertiary/aromatic N) is 1. The van der Waals surface area contributed by atoms with Crippen molar-refractivity contribution in [2.75, 3.05) is 14.1 Å². The van der Waals surface area contributed by atoms with Crippen LogP contribution in [0.25, 0.3) is 0 Å². The summed E-state index contributed by atoms with van der Waals surface area (Å²) in [5.74, 6) is 1.43. The molecule has 0 amide bonds. The summed E-state index contributed by atoms with van der Waals surface area (Å²) < 4.78 is 25.9. The molecule has 0 aromatic heterocycles. The maximum atomic E-state index is 11.8. The summed E-state index contributed by atoms with van der Waals surface area (Å²) in [5, 5.41) is 6.52. The Kier molecular flexibility index (Phi) is 7.07. The van der Waals surface area contributed by atoms with E-state index in [-0.39, 0.29) is 28.9 Å². The molecular formula is C14H23IN4O2S. The summed E-state index contributed by atoms with van der Waals surface area (Å²) in [6.45, 7) is 2.71. The van der Waals surface area contributed by atoms with Crippen LogP contribution in [0.3, 0.4) is 0 Å². The van der Waals surface area contributed by atoms with Crippen molar-refractivity contribution in [1.29, 1.82) is 0 Å². The molecule has 124 valence electrons. The summed E-state index contributed by atoms with van der Waals surface area (Å²) in [5.41, 5.74) is 0.887. The zero-order valence-corrected chi connectivity index (χ0v) is 16.1. The molecular weight excluding hydrogens is 415 g/mol. The smallest absolute Gasteiger partial charge is 0.240 e. The van der Waals surface area contributed by atoms with E-state index in [1.807, 2.05) is 6.07 Å². The van der Waals surface area contributed by atoms with E-state index in [1.54, 1.807) is 25.2 Å². The highest BCUT2D eigenvalue weighted by molar-refractivity contribution is 14.0. The van der Waals surface area contributed by atoms with Crippen molar-refractivity contribution in [1.82, 2.24) is 15.4 Å². The van der Waals surface area contributed by atoms with Crippen LogP contribution in [0.1, 0.15) is 18.9 Å². The second-order valence-electron chi connectivity index (χ2n) is 5.24. The van der Waals surface area contributed by atoms with Gasteiger partial charge in [0.2, 0.25) is 10.0 Å². The lowest BCUT2D eigenvalue weighted by molar-refractivity contribution is 0.588. The van der Waals surface area contributed by atoms with Crippen LogP contribution >= 0.6 is 24.0 Å². The highest BCUT2D eigenvalue weighted by atomic mass is 127. The van der Waals surface area contributed by atoms with E-state index in [2.05, 4.69) is 27.3 Å². The maximum Gasteiger partial charge on any atom is 0.240 e. The first-order valence-electron chi connectivity index (χ1n) is 6.96. The van der Waals surface area contributed by atoms with Crippen molar-refractivity contribution in [2.45, 2.75) is 30.8 Å². The molecule has 1 saturated carbocycles. The molecule has 0 radical (unpaired) electrons. The average Bonchev–Trinajstić information content (AvgIpc) is 3.19. The number of aliphatic imine (C=N–C) groups is 1. The number of nitrogens with one attached hydrogen (secondary N) is 3. The van der Waals surface area contributed by atoms with Gasteiger partial charge in [-0.15, -0.1) is 24.0 Å². The summed E-state index contributed by atoms with van der Waals surface area (Å²) in [4.78, 5) is 4.44. The molecule has 1 aromatic rings. The normalized spacial score (nSPS) is 21.0. The van der Waals surface area contributed by atoms with Gasteiger partial charge in [-0.1, -0.05) is 19.1 Å². The van der Waals surface area contributed by atoms with Gasteiger partial charge >= 0.3 is 0 Å². The maximum absolute atomic E-state index is 11.8. The van der Waals surface area contributed by atoms with Gasteiger partial charge in [-0.2, -0.15) is 0 Å². The lowest BCUT2D eigenvalue weighted by Gasteiger charge is -2.12. The van der Waals surface area contributed by atoms with Crippen molar-refractivity contribution in [3.63, 3.8) is 0 Å². The fourth-order valence-corrected chi connectivity index (χ4v) is 2.82. The minimum atomic E-state index is -3.40. The molecule has 2 rings (SSSR count). The van der Waals surface area contributed by atoms with Crippen molar-refractivity contribution < 1.29 is 8.42 Å². The Morgan fingerprint density at radius 2 is 2.09 bits per heavy atom. The molecule has 1 aromatic carbocycles. The molecule has 0 saturated heterocycles. The van der Waals surface area contributed by atoms with Crippen molar-refractivity contribution >= 4 is 40.0 Å². The van der Waals surface area contributed by atoms with Gasteiger partial charge in [0.1, 0.15) is 0 Å². The van der Waals surface area contributed by atoms with E-state index in [0.717, 1.165) is 17.9 Å². The molecule has 0 heterocycles. The molecule has 1 fully saturated rings. The molecule has 22 heavy (non-hydrogen) atoms. The molecule has 1 aliphatic carbocycles. The Morgan fingerprint density at radius 1 is 1.41 bits per heavy atom. The van der Waals surface area contributed by atoms with Crippen molar-refractivity contribution in [3.8, 4) is 0 Å². The van der Waals surface area contributed by atoms with E-state index < -0.39 is 10.0 Å². The van der Waals surface area contributed by atoms with Crippen LogP contribution in [-0.2, 0) is 16.6 Å². The number of hydrogen-bond donors (Lipinski definition) is 3. The van der Waals surface area contributed by atoms with E-state index >= 15 is 0 Å². The number of guanidine groups is 1. The number of halogens is 1. The summed E-state index contributed by atoms with van der Waals surface area (Å²) in [6, 6.07) is 7.35. The molecule has 0 spiro atoms. The summed E-state index contributed by atoms with van der Waals surface area (Å²) in [6.07, 6.45) is 1.16. The molecule has 6 nitrogen and oxygen atoms in total. The first kappa shape index (κ1) is 19.2. The Hall–Kier alpha value is -0.870. The van der Waals surface area contributed by atoms with Crippen LogP contribution < -0.4 is 15.4 Å².